The zero-order valence-corrected chi connectivity index (χ0v) is 14.4. The van der Waals surface area contributed by atoms with Gasteiger partial charge < -0.3 is 25.6 Å². The molecule has 26 heavy (non-hydrogen) atoms. The number of hydrogen-bond acceptors (Lipinski definition) is 5. The van der Waals surface area contributed by atoms with Crippen LogP contribution in [0.1, 0.15) is 31.2 Å². The summed E-state index contributed by atoms with van der Waals surface area (Å²) in [6, 6.07) is 8.19. The van der Waals surface area contributed by atoms with Crippen molar-refractivity contribution in [2.45, 2.75) is 44.4 Å². The van der Waals surface area contributed by atoms with Gasteiger partial charge in [-0.25, -0.2) is 9.59 Å². The van der Waals surface area contributed by atoms with Crippen LogP contribution in [-0.4, -0.2) is 46.9 Å². The fourth-order valence-electron chi connectivity index (χ4n) is 2.42. The van der Waals surface area contributed by atoms with Crippen LogP contribution in [0, 0.1) is 5.92 Å². The number of carbonyl (C=O) groups excluding carboxylic acids is 2. The third-order valence-corrected chi connectivity index (χ3v) is 4.02. The molecule has 0 saturated heterocycles. The number of amides is 2. The minimum atomic E-state index is -1.13. The quantitative estimate of drug-likeness (QED) is 0.491. The maximum Gasteiger partial charge on any atom is 0.407 e. The van der Waals surface area contributed by atoms with E-state index in [9.17, 15) is 19.5 Å². The van der Waals surface area contributed by atoms with E-state index in [1.807, 2.05) is 30.3 Å². The van der Waals surface area contributed by atoms with Crippen molar-refractivity contribution in [1.82, 2.24) is 10.6 Å². The van der Waals surface area contributed by atoms with E-state index in [4.69, 9.17) is 9.84 Å². The molecule has 0 unspecified atom stereocenters. The number of alkyl carbamates (subject to hydrolysis) is 1. The molecule has 0 radical (unpaired) electrons. The van der Waals surface area contributed by atoms with Crippen molar-refractivity contribution in [2.75, 3.05) is 6.54 Å². The summed E-state index contributed by atoms with van der Waals surface area (Å²) in [5.74, 6) is -1.30. The molecular formula is C18H24N2O6. The lowest BCUT2D eigenvalue weighted by molar-refractivity contribution is -0.142. The summed E-state index contributed by atoms with van der Waals surface area (Å²) < 4.78 is 4.99. The van der Waals surface area contributed by atoms with E-state index in [1.54, 1.807) is 0 Å². The number of benzene rings is 1. The standard InChI is InChI=1S/C18H24N2O6/c21-14(9-16(22)20-15(17(23)24)8-12-6-7-12)10-19-18(25)26-11-13-4-2-1-3-5-13/h1-5,12,14-15,21H,6-11H2,(H,19,25)(H,20,22)(H,23,24)/t14-,15+/m0/s1. The first-order valence-electron chi connectivity index (χ1n) is 8.59. The third kappa shape index (κ3) is 7.52. The third-order valence-electron chi connectivity index (χ3n) is 4.02. The van der Waals surface area contributed by atoms with Gasteiger partial charge in [-0.05, 0) is 17.9 Å². The highest BCUT2D eigenvalue weighted by Crippen LogP contribution is 2.33. The van der Waals surface area contributed by atoms with E-state index in [-0.39, 0.29) is 19.6 Å². The number of rotatable bonds is 10. The zero-order valence-electron chi connectivity index (χ0n) is 14.4. The number of aliphatic carboxylic acids is 1. The van der Waals surface area contributed by atoms with Crippen LogP contribution in [0.3, 0.4) is 0 Å². The molecule has 0 spiro atoms. The van der Waals surface area contributed by atoms with Gasteiger partial charge in [-0.15, -0.1) is 0 Å². The molecule has 8 heteroatoms. The van der Waals surface area contributed by atoms with Gasteiger partial charge in [0.05, 0.1) is 12.5 Å². The second kappa shape index (κ2) is 9.76. The molecule has 4 N–H and O–H groups in total. The SMILES string of the molecule is O=C(C[C@H](O)CNC(=O)OCc1ccccc1)N[C@H](CC1CC1)C(=O)O. The first kappa shape index (κ1) is 19.7. The Morgan fingerprint density at radius 1 is 1.19 bits per heavy atom. The number of nitrogens with one attached hydrogen (secondary N) is 2. The van der Waals surface area contributed by atoms with Gasteiger partial charge in [0.25, 0.3) is 0 Å². The van der Waals surface area contributed by atoms with Gasteiger partial charge >= 0.3 is 12.1 Å². The minimum Gasteiger partial charge on any atom is -0.480 e. The number of hydrogen-bond donors (Lipinski definition) is 4. The molecule has 1 aromatic rings. The minimum absolute atomic E-state index is 0.102. The lowest BCUT2D eigenvalue weighted by Crippen LogP contribution is -2.43. The topological polar surface area (TPSA) is 125 Å². The summed E-state index contributed by atoms with van der Waals surface area (Å²) in [6.07, 6.45) is 0.239. The van der Waals surface area contributed by atoms with Crippen LogP contribution >= 0.6 is 0 Å². The van der Waals surface area contributed by atoms with Crippen LogP contribution in [0.25, 0.3) is 0 Å². The summed E-state index contributed by atoms with van der Waals surface area (Å²) in [5.41, 5.74) is 0.831. The molecule has 1 fully saturated rings. The number of carboxylic acids is 1. The fourth-order valence-corrected chi connectivity index (χ4v) is 2.42. The van der Waals surface area contributed by atoms with Crippen molar-refractivity contribution in [3.05, 3.63) is 35.9 Å². The predicted molar refractivity (Wildman–Crippen MR) is 92.2 cm³/mol. The van der Waals surface area contributed by atoms with Crippen molar-refractivity contribution >= 4 is 18.0 Å². The maximum atomic E-state index is 11.8. The highest BCUT2D eigenvalue weighted by atomic mass is 16.5. The lowest BCUT2D eigenvalue weighted by Gasteiger charge is -2.16. The molecule has 1 aromatic carbocycles. The Hall–Kier alpha value is -2.61. The Morgan fingerprint density at radius 2 is 1.88 bits per heavy atom. The molecule has 1 aliphatic carbocycles. The van der Waals surface area contributed by atoms with Crippen molar-refractivity contribution < 1.29 is 29.3 Å². The molecule has 0 aliphatic heterocycles. The monoisotopic (exact) mass is 364 g/mol. The fraction of sp³-hybridized carbons (Fsp3) is 0.500. The Morgan fingerprint density at radius 3 is 2.50 bits per heavy atom. The number of aliphatic hydroxyl groups is 1. The summed E-state index contributed by atoms with van der Waals surface area (Å²) in [4.78, 5) is 34.6. The molecule has 1 saturated carbocycles. The van der Waals surface area contributed by atoms with Crippen molar-refractivity contribution in [3.63, 3.8) is 0 Å². The van der Waals surface area contributed by atoms with E-state index >= 15 is 0 Å². The zero-order chi connectivity index (χ0) is 18.9. The first-order valence-corrected chi connectivity index (χ1v) is 8.59. The Bertz CT molecular complexity index is 617. The second-order valence-electron chi connectivity index (χ2n) is 6.44. The van der Waals surface area contributed by atoms with Gasteiger partial charge in [-0.2, -0.15) is 0 Å². The number of aliphatic hydroxyl groups excluding tert-OH is 1. The molecule has 0 bridgehead atoms. The molecule has 0 aromatic heterocycles. The van der Waals surface area contributed by atoms with Crippen LogP contribution in [0.4, 0.5) is 4.79 Å². The molecule has 2 rings (SSSR count). The van der Waals surface area contributed by atoms with E-state index in [2.05, 4.69) is 10.6 Å². The van der Waals surface area contributed by atoms with Gasteiger partial charge in [0.2, 0.25) is 5.91 Å². The summed E-state index contributed by atoms with van der Waals surface area (Å²) in [7, 11) is 0. The highest BCUT2D eigenvalue weighted by Gasteiger charge is 2.30. The van der Waals surface area contributed by atoms with E-state index in [0.29, 0.717) is 12.3 Å². The molecular weight excluding hydrogens is 340 g/mol. The summed E-state index contributed by atoms with van der Waals surface area (Å²) in [5, 5.41) is 23.7. The van der Waals surface area contributed by atoms with Crippen LogP contribution < -0.4 is 10.6 Å². The van der Waals surface area contributed by atoms with Crippen LogP contribution in [0.5, 0.6) is 0 Å². The molecule has 142 valence electrons. The predicted octanol–water partition coefficient (Wildman–Crippen LogP) is 1.03. The van der Waals surface area contributed by atoms with E-state index in [0.717, 1.165) is 18.4 Å². The van der Waals surface area contributed by atoms with Crippen LogP contribution in [0.2, 0.25) is 0 Å². The smallest absolute Gasteiger partial charge is 0.407 e. The van der Waals surface area contributed by atoms with E-state index < -0.39 is 30.1 Å². The molecule has 2 amide bonds. The number of carbonyl (C=O) groups is 3. The van der Waals surface area contributed by atoms with Gasteiger partial charge in [0.1, 0.15) is 12.6 Å². The van der Waals surface area contributed by atoms with Crippen molar-refractivity contribution in [1.29, 1.82) is 0 Å². The number of carboxylic acid groups (broad SMARTS) is 1. The van der Waals surface area contributed by atoms with E-state index in [1.165, 1.54) is 0 Å². The van der Waals surface area contributed by atoms with Gasteiger partial charge in [0.15, 0.2) is 0 Å². The van der Waals surface area contributed by atoms with Gasteiger partial charge in [-0.3, -0.25) is 4.79 Å². The Balaban J connectivity index is 1.63. The van der Waals surface area contributed by atoms with Crippen molar-refractivity contribution in [2.24, 2.45) is 5.92 Å². The molecule has 0 heterocycles. The average molecular weight is 364 g/mol. The van der Waals surface area contributed by atoms with Crippen molar-refractivity contribution in [3.8, 4) is 0 Å². The van der Waals surface area contributed by atoms with Gasteiger partial charge in [-0.1, -0.05) is 43.2 Å². The number of ether oxygens (including phenoxy) is 1. The Kier molecular flexibility index (Phi) is 7.40. The second-order valence-corrected chi connectivity index (χ2v) is 6.44. The normalized spacial score (nSPS) is 15.6. The Labute approximate surface area is 151 Å². The maximum absolute atomic E-state index is 11.8. The lowest BCUT2D eigenvalue weighted by atomic mass is 10.1. The first-order chi connectivity index (χ1) is 12.4. The van der Waals surface area contributed by atoms with Crippen LogP contribution in [-0.2, 0) is 20.9 Å². The summed E-state index contributed by atoms with van der Waals surface area (Å²) in [6.45, 7) is -0.0634. The van der Waals surface area contributed by atoms with Gasteiger partial charge in [0, 0.05) is 6.54 Å². The molecule has 8 nitrogen and oxygen atoms in total. The highest BCUT2D eigenvalue weighted by molar-refractivity contribution is 5.83. The largest absolute Gasteiger partial charge is 0.480 e. The van der Waals surface area contributed by atoms with Crippen LogP contribution in [0.15, 0.2) is 30.3 Å². The molecule has 2 atom stereocenters. The summed E-state index contributed by atoms with van der Waals surface area (Å²) >= 11 is 0. The molecule has 1 aliphatic rings. The average Bonchev–Trinajstić information content (AvgIpc) is 3.42.